The molecule has 13 heterocycles. The molecule has 8 aromatic carbocycles. The molecule has 13 aromatic heterocycles. The number of H-pyrrole nitrogens is 5. The molecule has 1 amide bonds. The third-order valence-corrected chi connectivity index (χ3v) is 22.1. The molecule has 28 nitrogen and oxygen atoms in total. The van der Waals surface area contributed by atoms with Gasteiger partial charge >= 0.3 is 23.9 Å². The maximum Gasteiger partial charge on any atom is 0.353 e. The van der Waals surface area contributed by atoms with E-state index in [2.05, 4.69) is 29.9 Å². The van der Waals surface area contributed by atoms with Crippen molar-refractivity contribution < 1.29 is 97.2 Å². The number of aromatic amines is 5. The molecule has 646 valence electrons. The van der Waals surface area contributed by atoms with Gasteiger partial charge in [-0.3, -0.25) is 24.0 Å². The van der Waals surface area contributed by atoms with Crippen molar-refractivity contribution in [3.8, 4) is 44.5 Å². The van der Waals surface area contributed by atoms with Gasteiger partial charge in [-0.2, -0.15) is 0 Å². The summed E-state index contributed by atoms with van der Waals surface area (Å²) in [5.41, 5.74) is 6.28. The van der Waals surface area contributed by atoms with Crippen LogP contribution in [-0.4, -0.2) is 98.4 Å². The zero-order chi connectivity index (χ0) is 91.1. The van der Waals surface area contributed by atoms with Crippen LogP contribution in [0.3, 0.4) is 0 Å². The molecule has 21 aromatic rings. The van der Waals surface area contributed by atoms with Gasteiger partial charge in [0.2, 0.25) is 5.91 Å². The van der Waals surface area contributed by atoms with Crippen LogP contribution in [-0.2, 0) is 26.2 Å². The number of carbonyl (C=O) groups is 5. The van der Waals surface area contributed by atoms with Gasteiger partial charge in [-0.05, 0) is 169 Å². The Kier molecular flexibility index (Phi) is 21.1. The number of carboxylic acids is 4. The molecule has 130 heavy (non-hydrogen) atoms. The predicted molar refractivity (Wildman–Crippen MR) is 459 cm³/mol. The number of carboxylic acid groups (broad SMARTS) is 4. The number of primary amides is 1. The Morgan fingerprint density at radius 3 is 1.16 bits per heavy atom. The first kappa shape index (κ1) is 83.1. The van der Waals surface area contributed by atoms with Gasteiger partial charge in [0.15, 0.2) is 0 Å². The Morgan fingerprint density at radius 1 is 0.362 bits per heavy atom. The van der Waals surface area contributed by atoms with Crippen LogP contribution in [0.2, 0.25) is 0 Å². The first-order valence-electron chi connectivity index (χ1n) is 38.8. The van der Waals surface area contributed by atoms with E-state index in [1.54, 1.807) is 42.7 Å². The largest absolute Gasteiger partial charge is 0.477 e. The summed E-state index contributed by atoms with van der Waals surface area (Å²) in [7, 11) is 0. The fourth-order valence-electron chi connectivity index (χ4n) is 16.6. The van der Waals surface area contributed by atoms with Gasteiger partial charge < -0.3 is 87.0 Å². The molecule has 0 bridgehead atoms. The molecular weight excluding hydrogens is 1710 g/mol. The van der Waals surface area contributed by atoms with Crippen LogP contribution in [0.25, 0.3) is 143 Å². The summed E-state index contributed by atoms with van der Waals surface area (Å²) in [6, 6.07) is 40.0. The smallest absolute Gasteiger partial charge is 0.353 e. The Morgan fingerprint density at radius 2 is 0.746 bits per heavy atom. The van der Waals surface area contributed by atoms with Crippen LogP contribution in [0.1, 0.15) is 74.6 Å². The van der Waals surface area contributed by atoms with Crippen molar-refractivity contribution >= 4 is 128 Å². The number of amides is 1. The van der Waals surface area contributed by atoms with Crippen LogP contribution in [0, 0.1) is 46.5 Å². The third kappa shape index (κ3) is 14.5. The van der Waals surface area contributed by atoms with Crippen LogP contribution in [0.4, 0.5) is 35.1 Å². The first-order chi connectivity index (χ1) is 62.6. The highest BCUT2D eigenvalue weighted by Gasteiger charge is 2.35. The number of nitrogens with two attached hydrogens (primary N) is 1. The van der Waals surface area contributed by atoms with Gasteiger partial charge in [0.1, 0.15) is 91.6 Å². The molecule has 0 saturated carbocycles. The maximum absolute atomic E-state index is 15.3. The van der Waals surface area contributed by atoms with E-state index in [0.717, 1.165) is 74.3 Å². The van der Waals surface area contributed by atoms with E-state index in [0.29, 0.717) is 27.2 Å². The van der Waals surface area contributed by atoms with Gasteiger partial charge in [-0.1, -0.05) is 18.2 Å². The fourth-order valence-corrected chi connectivity index (χ4v) is 16.6. The Balaban J connectivity index is 0.000000117. The number of pyridine rings is 4. The zero-order valence-corrected chi connectivity index (χ0v) is 66.2. The molecule has 0 aliphatic heterocycles. The number of aromatic carboxylic acids is 4. The molecule has 0 aliphatic rings. The molecule has 0 saturated heterocycles. The van der Waals surface area contributed by atoms with E-state index in [1.165, 1.54) is 132 Å². The lowest BCUT2D eigenvalue weighted by Gasteiger charge is -2.11. The highest BCUT2D eigenvalue weighted by atomic mass is 19.2. The number of hydrogen-bond donors (Lipinski definition) is 10. The highest BCUT2D eigenvalue weighted by Crippen LogP contribution is 2.46. The Labute approximate surface area is 717 Å². The average Bonchev–Trinajstić information content (AvgIpc) is 1.61. The fraction of sp³-hybridized carbons (Fsp3) is 0.0426. The number of imidazole rings is 1. The third-order valence-electron chi connectivity index (χ3n) is 22.1. The van der Waals surface area contributed by atoms with Crippen LogP contribution in [0.5, 0.6) is 0 Å². The van der Waals surface area contributed by atoms with Crippen molar-refractivity contribution in [1.29, 1.82) is 0 Å². The van der Waals surface area contributed by atoms with Gasteiger partial charge in [0.05, 0.1) is 138 Å². The van der Waals surface area contributed by atoms with Crippen molar-refractivity contribution in [2.75, 3.05) is 0 Å². The molecule has 11 N–H and O–H groups in total. The second-order valence-corrected chi connectivity index (χ2v) is 29.6. The molecule has 21 rings (SSSR count). The summed E-state index contributed by atoms with van der Waals surface area (Å²) < 4.78 is 143. The maximum atomic E-state index is 15.3. The zero-order valence-electron chi connectivity index (χ0n) is 66.2. The lowest BCUT2D eigenvalue weighted by atomic mass is 10.0. The van der Waals surface area contributed by atoms with E-state index in [-0.39, 0.29) is 157 Å². The molecular formula is C94H57F8N11O17. The van der Waals surface area contributed by atoms with Crippen molar-refractivity contribution in [1.82, 2.24) is 48.2 Å². The SMILES string of the molecule is NC(=O)c1cccc(Cn2c(C(=O)O)c(-c3ccc[nH]c3=O)c3c4occc4c(F)cc32)c1.O=C(O)c1c(-c2ccc[nH]c2=O)c2c3occc3c(F)cc2n1Cc1cc(F)ccc1F.O=C(O)c1c(-c2ccc[nH]c2=O)c2c3occc3c(F)cc2n1Cc1ccc2nc[nH]c2c1.O=C(O)c1c(-c2ccc[nH]c2=O)c2c3occc3cc(F)c2n1Cc1cc(F)ccc1F. The number of hydrogen-bond acceptors (Lipinski definition) is 14. The summed E-state index contributed by atoms with van der Waals surface area (Å²) in [4.78, 5) is 129. The number of halogens is 8. The number of carbonyl (C=O) groups excluding carboxylic acids is 1. The van der Waals surface area contributed by atoms with E-state index in [4.69, 9.17) is 23.4 Å². The molecule has 0 radical (unpaired) electrons. The average molecular weight is 1760 g/mol. The minimum atomic E-state index is -1.48. The second kappa shape index (κ2) is 33.0. The number of furan rings is 4. The van der Waals surface area contributed by atoms with Crippen molar-refractivity contribution in [2.24, 2.45) is 5.73 Å². The highest BCUT2D eigenvalue weighted by molar-refractivity contribution is 6.21. The Hall–Kier alpha value is -17.9. The summed E-state index contributed by atoms with van der Waals surface area (Å²) in [6.07, 6.45) is 12.4. The van der Waals surface area contributed by atoms with Gasteiger partial charge in [0, 0.05) is 82.2 Å². The number of rotatable bonds is 17. The van der Waals surface area contributed by atoms with Gasteiger partial charge in [0.25, 0.3) is 22.2 Å². The summed E-state index contributed by atoms with van der Waals surface area (Å²) in [5.74, 6) is -11.7. The van der Waals surface area contributed by atoms with Crippen LogP contribution < -0.4 is 28.0 Å². The number of nitrogens with one attached hydrogen (secondary N) is 5. The summed E-state index contributed by atoms with van der Waals surface area (Å²) in [5, 5.41) is 42.3. The van der Waals surface area contributed by atoms with Crippen molar-refractivity contribution in [2.45, 2.75) is 26.2 Å². The summed E-state index contributed by atoms with van der Waals surface area (Å²) >= 11 is 0. The predicted octanol–water partition coefficient (Wildman–Crippen LogP) is 18.0. The number of nitrogens with zero attached hydrogens (tertiary/aromatic N) is 5. The Bertz CT molecular complexity index is 8580. The minimum Gasteiger partial charge on any atom is -0.477 e. The first-order valence-corrected chi connectivity index (χ1v) is 38.8. The molecule has 0 aliphatic carbocycles. The molecule has 0 fully saturated rings. The van der Waals surface area contributed by atoms with Crippen molar-refractivity contribution in [3.63, 3.8) is 0 Å². The van der Waals surface area contributed by atoms with Crippen LogP contribution in [0.15, 0.2) is 269 Å². The molecule has 36 heteroatoms. The minimum absolute atomic E-state index is 0.00823. The van der Waals surface area contributed by atoms with E-state index < -0.39 is 117 Å². The number of aromatic nitrogens is 10. The van der Waals surface area contributed by atoms with Gasteiger partial charge in [-0.15, -0.1) is 0 Å². The molecule has 0 spiro atoms. The topological polar surface area (TPSA) is 425 Å². The van der Waals surface area contributed by atoms with E-state index >= 15 is 4.39 Å². The van der Waals surface area contributed by atoms with E-state index in [9.17, 15) is 94.3 Å². The normalized spacial score (nSPS) is 11.5. The standard InChI is InChI=1S/C24H15FN4O4.C24H16FN3O5.2C23H13F3N2O4/c25-15-9-18-20(22-13(15)5-7-33-22)19(14-2-1-6-26-23(14)30)21(24(31)32)29(18)10-12-3-4-16-17(8-12)28-11-27-16;25-16-10-17-19(21-14(16)6-8-33-21)18(15-5-2-7-27-23(15)30)20(24(31)32)28(17)11-12-3-1-4-13(9-12)22(26)29;24-12-3-4-15(25)11(8-12)10-28-17-9-16(26)13-5-7-32-21(13)19(17)18(20(28)23(30)31)14-2-1-6-27-22(14)29;24-13-3-4-15(25)12(8-13)10-28-19-16(26)9-11-5-7-32-21(11)18(19)17(20(28)23(30)31)14-2-1-6-27-22(14)29/h1-9,11H,10H2,(H,26,30)(H,27,28)(H,31,32);1-10H,11H2,(H2,26,29)(H,27,30)(H,31,32);2*1-9H,10H2,(H,27,29)(H,30,31). The number of fused-ring (bicyclic) bond motifs is 13. The van der Waals surface area contributed by atoms with Crippen molar-refractivity contribution in [3.05, 3.63) is 371 Å². The summed E-state index contributed by atoms with van der Waals surface area (Å²) in [6.45, 7) is -0.799. The van der Waals surface area contributed by atoms with E-state index in [1.807, 2.05) is 18.2 Å². The van der Waals surface area contributed by atoms with Crippen LogP contribution >= 0.6 is 0 Å². The second-order valence-electron chi connectivity index (χ2n) is 29.6. The quantitative estimate of drug-likeness (QED) is 0.0379. The lowest BCUT2D eigenvalue weighted by Crippen LogP contribution is -2.14. The molecule has 0 unspecified atom stereocenters. The number of benzene rings is 8. The van der Waals surface area contributed by atoms with Gasteiger partial charge in [-0.25, -0.2) is 59.3 Å². The molecule has 0 atom stereocenters. The lowest BCUT2D eigenvalue weighted by molar-refractivity contribution is 0.0676. The monoisotopic (exact) mass is 1760 g/mol.